The van der Waals surface area contributed by atoms with Gasteiger partial charge in [0.05, 0.1) is 15.7 Å². The highest BCUT2D eigenvalue weighted by Gasteiger charge is 2.27. The van der Waals surface area contributed by atoms with E-state index in [4.69, 9.17) is 23.2 Å². The molecular formula is C15H8Cl2FNO. The fraction of sp³-hybridized carbons (Fsp3) is 0. The second kappa shape index (κ2) is 4.93. The summed E-state index contributed by atoms with van der Waals surface area (Å²) in [6.45, 7) is 0. The lowest BCUT2D eigenvalue weighted by atomic mass is 10.0. The van der Waals surface area contributed by atoms with Crippen LogP contribution in [0.2, 0.25) is 10.0 Å². The topological polar surface area (TPSA) is 29.1 Å². The summed E-state index contributed by atoms with van der Waals surface area (Å²) in [5.41, 5.74) is 2.41. The Morgan fingerprint density at radius 3 is 2.45 bits per heavy atom. The number of carbonyl (C=O) groups is 1. The van der Waals surface area contributed by atoms with E-state index in [0.717, 1.165) is 5.56 Å². The maximum Gasteiger partial charge on any atom is 0.256 e. The molecule has 0 bridgehead atoms. The van der Waals surface area contributed by atoms with Crippen molar-refractivity contribution in [1.29, 1.82) is 0 Å². The Balaban J connectivity index is 2.11. The third-order valence-corrected chi connectivity index (χ3v) is 3.85. The third kappa shape index (κ3) is 2.19. The summed E-state index contributed by atoms with van der Waals surface area (Å²) in [6, 6.07) is 9.26. The van der Waals surface area contributed by atoms with Gasteiger partial charge >= 0.3 is 0 Å². The Morgan fingerprint density at radius 2 is 1.75 bits per heavy atom. The minimum absolute atomic E-state index is 0.256. The lowest BCUT2D eigenvalue weighted by Crippen LogP contribution is -2.03. The summed E-state index contributed by atoms with van der Waals surface area (Å²) < 4.78 is 12.9. The minimum atomic E-state index is -0.321. The predicted molar refractivity (Wildman–Crippen MR) is 79.4 cm³/mol. The van der Waals surface area contributed by atoms with Gasteiger partial charge in [-0.25, -0.2) is 4.39 Å². The Bertz CT molecular complexity index is 738. The Kier molecular flexibility index (Phi) is 3.24. The van der Waals surface area contributed by atoms with Gasteiger partial charge in [0.1, 0.15) is 5.82 Å². The van der Waals surface area contributed by atoms with Crippen LogP contribution in [0.3, 0.4) is 0 Å². The standard InChI is InChI=1S/C15H8Cl2FNO/c16-12-6-5-10-11(15(20)19-14(10)13(12)17)7-8-1-3-9(18)4-2-8/h1-7H,(H,19,20)/b11-7+. The number of benzene rings is 2. The monoisotopic (exact) mass is 307 g/mol. The van der Waals surface area contributed by atoms with Crippen LogP contribution in [-0.4, -0.2) is 5.91 Å². The second-order valence-corrected chi connectivity index (χ2v) is 5.13. The van der Waals surface area contributed by atoms with E-state index in [9.17, 15) is 9.18 Å². The molecule has 0 unspecified atom stereocenters. The lowest BCUT2D eigenvalue weighted by Gasteiger charge is -2.02. The van der Waals surface area contributed by atoms with E-state index in [-0.39, 0.29) is 11.7 Å². The molecule has 2 aromatic carbocycles. The summed E-state index contributed by atoms with van der Waals surface area (Å²) in [4.78, 5) is 12.0. The van der Waals surface area contributed by atoms with Gasteiger partial charge in [0.25, 0.3) is 5.91 Å². The molecule has 0 aliphatic carbocycles. The van der Waals surface area contributed by atoms with Crippen molar-refractivity contribution < 1.29 is 9.18 Å². The number of anilines is 1. The molecule has 0 radical (unpaired) electrons. The molecule has 0 fully saturated rings. The average molecular weight is 308 g/mol. The molecule has 1 amide bonds. The van der Waals surface area contributed by atoms with Crippen LogP contribution in [0.1, 0.15) is 11.1 Å². The summed E-state index contributed by atoms with van der Waals surface area (Å²) in [6.07, 6.45) is 1.69. The number of hydrogen-bond acceptors (Lipinski definition) is 1. The number of halogens is 3. The van der Waals surface area contributed by atoms with Gasteiger partial charge in [-0.3, -0.25) is 4.79 Å². The Labute approximate surface area is 124 Å². The second-order valence-electron chi connectivity index (χ2n) is 4.35. The normalized spacial score (nSPS) is 15.3. The van der Waals surface area contributed by atoms with E-state index < -0.39 is 0 Å². The van der Waals surface area contributed by atoms with Crippen molar-refractivity contribution in [2.75, 3.05) is 5.32 Å². The van der Waals surface area contributed by atoms with E-state index in [1.807, 2.05) is 0 Å². The van der Waals surface area contributed by atoms with Gasteiger partial charge in [0.2, 0.25) is 0 Å². The van der Waals surface area contributed by atoms with Gasteiger partial charge < -0.3 is 5.32 Å². The van der Waals surface area contributed by atoms with Crippen molar-refractivity contribution in [1.82, 2.24) is 0 Å². The van der Waals surface area contributed by atoms with Gasteiger partial charge in [-0.1, -0.05) is 41.4 Å². The first-order valence-corrected chi connectivity index (χ1v) is 6.59. The van der Waals surface area contributed by atoms with Gasteiger partial charge in [-0.2, -0.15) is 0 Å². The van der Waals surface area contributed by atoms with Gasteiger partial charge in [0, 0.05) is 11.1 Å². The molecule has 1 N–H and O–H groups in total. The molecule has 20 heavy (non-hydrogen) atoms. The summed E-state index contributed by atoms with van der Waals surface area (Å²) in [7, 11) is 0. The molecular weight excluding hydrogens is 300 g/mol. The average Bonchev–Trinajstić information content (AvgIpc) is 2.74. The quantitative estimate of drug-likeness (QED) is 0.765. The van der Waals surface area contributed by atoms with Crippen molar-refractivity contribution in [2.24, 2.45) is 0 Å². The summed E-state index contributed by atoms with van der Waals surface area (Å²) >= 11 is 12.0. The zero-order chi connectivity index (χ0) is 14.3. The fourth-order valence-corrected chi connectivity index (χ4v) is 2.44. The molecule has 1 aliphatic rings. The predicted octanol–water partition coefficient (Wildman–Crippen LogP) is 4.63. The van der Waals surface area contributed by atoms with Crippen molar-refractivity contribution in [3.05, 3.63) is 63.4 Å². The number of nitrogens with one attached hydrogen (secondary N) is 1. The minimum Gasteiger partial charge on any atom is -0.320 e. The smallest absolute Gasteiger partial charge is 0.256 e. The number of fused-ring (bicyclic) bond motifs is 1. The first kappa shape index (κ1) is 13.2. The van der Waals surface area contributed by atoms with Gasteiger partial charge in [-0.15, -0.1) is 0 Å². The molecule has 5 heteroatoms. The van der Waals surface area contributed by atoms with Gasteiger partial charge in [0.15, 0.2) is 0 Å². The molecule has 2 aromatic rings. The van der Waals surface area contributed by atoms with E-state index in [1.54, 1.807) is 30.3 Å². The molecule has 1 heterocycles. The van der Waals surface area contributed by atoms with Crippen LogP contribution in [0.4, 0.5) is 10.1 Å². The van der Waals surface area contributed by atoms with E-state index in [0.29, 0.717) is 26.9 Å². The summed E-state index contributed by atoms with van der Waals surface area (Å²) in [5.74, 6) is -0.577. The van der Waals surface area contributed by atoms with Crippen LogP contribution in [0.25, 0.3) is 11.6 Å². The molecule has 0 saturated carbocycles. The van der Waals surface area contributed by atoms with Crippen molar-refractivity contribution in [3.63, 3.8) is 0 Å². The molecule has 0 aromatic heterocycles. The Hall–Kier alpha value is -1.84. The largest absolute Gasteiger partial charge is 0.320 e. The number of hydrogen-bond donors (Lipinski definition) is 1. The molecule has 0 saturated heterocycles. The fourth-order valence-electron chi connectivity index (χ4n) is 2.07. The van der Waals surface area contributed by atoms with Crippen LogP contribution in [-0.2, 0) is 4.79 Å². The van der Waals surface area contributed by atoms with E-state index in [1.165, 1.54) is 12.1 Å². The van der Waals surface area contributed by atoms with Crippen molar-refractivity contribution >= 4 is 46.4 Å². The molecule has 0 spiro atoms. The van der Waals surface area contributed by atoms with Crippen LogP contribution in [0.5, 0.6) is 0 Å². The van der Waals surface area contributed by atoms with Crippen LogP contribution in [0, 0.1) is 5.82 Å². The summed E-state index contributed by atoms with van der Waals surface area (Å²) in [5, 5.41) is 3.39. The number of amides is 1. The SMILES string of the molecule is O=C1Nc2c(ccc(Cl)c2Cl)/C1=C\c1ccc(F)cc1. The first-order valence-electron chi connectivity index (χ1n) is 5.83. The molecule has 3 rings (SSSR count). The molecule has 100 valence electrons. The number of rotatable bonds is 1. The lowest BCUT2D eigenvalue weighted by molar-refractivity contribution is -0.110. The van der Waals surface area contributed by atoms with Crippen LogP contribution in [0.15, 0.2) is 36.4 Å². The van der Waals surface area contributed by atoms with Crippen LogP contribution >= 0.6 is 23.2 Å². The van der Waals surface area contributed by atoms with Crippen molar-refractivity contribution in [3.8, 4) is 0 Å². The number of carbonyl (C=O) groups excluding carboxylic acids is 1. The van der Waals surface area contributed by atoms with Gasteiger partial charge in [-0.05, 0) is 29.8 Å². The maximum absolute atomic E-state index is 12.9. The molecule has 2 nitrogen and oxygen atoms in total. The Morgan fingerprint density at radius 1 is 1.05 bits per heavy atom. The van der Waals surface area contributed by atoms with E-state index >= 15 is 0 Å². The highest BCUT2D eigenvalue weighted by molar-refractivity contribution is 6.47. The zero-order valence-electron chi connectivity index (χ0n) is 10.1. The molecule has 0 atom stereocenters. The van der Waals surface area contributed by atoms with Crippen LogP contribution < -0.4 is 5.32 Å². The zero-order valence-corrected chi connectivity index (χ0v) is 11.6. The van der Waals surface area contributed by atoms with Crippen molar-refractivity contribution in [2.45, 2.75) is 0 Å². The molecule has 1 aliphatic heterocycles. The highest BCUT2D eigenvalue weighted by atomic mass is 35.5. The maximum atomic E-state index is 12.9. The first-order chi connectivity index (χ1) is 9.56. The highest BCUT2D eigenvalue weighted by Crippen LogP contribution is 2.41. The van der Waals surface area contributed by atoms with E-state index in [2.05, 4.69) is 5.32 Å². The third-order valence-electron chi connectivity index (χ3n) is 3.05.